The number of aryl methyl sites for hydroxylation is 1. The number of hydrogen-bond acceptors (Lipinski definition) is 3. The van der Waals surface area contributed by atoms with E-state index in [1.54, 1.807) is 7.11 Å². The van der Waals surface area contributed by atoms with Crippen molar-refractivity contribution in [2.24, 2.45) is 11.8 Å². The molecule has 0 spiro atoms. The van der Waals surface area contributed by atoms with Gasteiger partial charge in [0.05, 0.1) is 7.11 Å². The van der Waals surface area contributed by atoms with Crippen molar-refractivity contribution in [1.82, 2.24) is 5.32 Å². The fourth-order valence-corrected chi connectivity index (χ4v) is 3.19. The van der Waals surface area contributed by atoms with E-state index in [2.05, 4.69) is 63.0 Å². The zero-order chi connectivity index (χ0) is 15.6. The number of benzene rings is 1. The second-order valence-corrected chi connectivity index (χ2v) is 6.87. The number of hydrogen-bond donors (Lipinski definition) is 1. The summed E-state index contributed by atoms with van der Waals surface area (Å²) in [5, 5.41) is 3.73. The molecule has 21 heavy (non-hydrogen) atoms. The highest BCUT2D eigenvalue weighted by molar-refractivity contribution is 5.57. The van der Waals surface area contributed by atoms with Gasteiger partial charge in [0.25, 0.3) is 0 Å². The summed E-state index contributed by atoms with van der Waals surface area (Å²) < 4.78 is 5.34. The van der Waals surface area contributed by atoms with Crippen LogP contribution in [0.3, 0.4) is 0 Å². The molecule has 2 rings (SSSR count). The van der Waals surface area contributed by atoms with Gasteiger partial charge in [-0.15, -0.1) is 0 Å². The van der Waals surface area contributed by atoms with Gasteiger partial charge in [-0.2, -0.15) is 0 Å². The molecular formula is C18H30N2O. The summed E-state index contributed by atoms with van der Waals surface area (Å²) in [6, 6.07) is 7.53. The molecule has 0 amide bonds. The van der Waals surface area contributed by atoms with Gasteiger partial charge in [-0.1, -0.05) is 27.7 Å². The van der Waals surface area contributed by atoms with Crippen LogP contribution in [-0.2, 0) is 0 Å². The van der Waals surface area contributed by atoms with E-state index < -0.39 is 0 Å². The van der Waals surface area contributed by atoms with Gasteiger partial charge >= 0.3 is 0 Å². The normalized spacial score (nSPS) is 23.0. The lowest BCUT2D eigenvalue weighted by molar-refractivity contribution is 0.295. The van der Waals surface area contributed by atoms with E-state index in [0.717, 1.165) is 18.8 Å². The Morgan fingerprint density at radius 2 is 1.90 bits per heavy atom. The van der Waals surface area contributed by atoms with Gasteiger partial charge in [0.15, 0.2) is 0 Å². The Morgan fingerprint density at radius 1 is 1.19 bits per heavy atom. The maximum Gasteiger partial charge on any atom is 0.119 e. The highest BCUT2D eigenvalue weighted by Crippen LogP contribution is 2.30. The Labute approximate surface area is 129 Å². The van der Waals surface area contributed by atoms with Gasteiger partial charge in [-0.3, -0.25) is 0 Å². The monoisotopic (exact) mass is 290 g/mol. The van der Waals surface area contributed by atoms with Crippen LogP contribution in [0.2, 0.25) is 0 Å². The number of methoxy groups -OCH3 is 1. The molecule has 0 aromatic heterocycles. The van der Waals surface area contributed by atoms with Crippen molar-refractivity contribution in [3.63, 3.8) is 0 Å². The first-order chi connectivity index (χ1) is 9.93. The highest BCUT2D eigenvalue weighted by atomic mass is 16.5. The Hall–Kier alpha value is -1.22. The van der Waals surface area contributed by atoms with Crippen LogP contribution in [0.15, 0.2) is 18.2 Å². The first kappa shape index (κ1) is 16.2. The van der Waals surface area contributed by atoms with Crippen molar-refractivity contribution >= 4 is 5.69 Å². The smallest absolute Gasteiger partial charge is 0.119 e. The molecule has 1 aromatic rings. The molecule has 0 saturated carbocycles. The van der Waals surface area contributed by atoms with Crippen molar-refractivity contribution < 1.29 is 4.74 Å². The molecule has 1 N–H and O–H groups in total. The predicted molar refractivity (Wildman–Crippen MR) is 90.3 cm³/mol. The number of nitrogens with zero attached hydrogens (tertiary/aromatic N) is 1. The average Bonchev–Trinajstić information content (AvgIpc) is 2.46. The third-order valence-corrected chi connectivity index (χ3v) is 4.67. The van der Waals surface area contributed by atoms with E-state index in [0.29, 0.717) is 23.9 Å². The van der Waals surface area contributed by atoms with Gasteiger partial charge in [-0.05, 0) is 42.5 Å². The molecule has 0 radical (unpaired) electrons. The van der Waals surface area contributed by atoms with Gasteiger partial charge in [0.2, 0.25) is 0 Å². The minimum Gasteiger partial charge on any atom is -0.497 e. The Bertz CT molecular complexity index is 470. The standard InChI is InChI=1S/C18H30N2O/c1-12(2)16-11-20(18(10-19-16)13(3)4)17-8-7-15(21-6)9-14(17)5/h7-9,12-13,16,18-19H,10-11H2,1-6H3. The van der Waals surface area contributed by atoms with E-state index in [-0.39, 0.29) is 0 Å². The van der Waals surface area contributed by atoms with Gasteiger partial charge in [-0.25, -0.2) is 0 Å². The third-order valence-electron chi connectivity index (χ3n) is 4.67. The third kappa shape index (κ3) is 3.52. The Balaban J connectivity index is 2.31. The molecule has 1 saturated heterocycles. The molecule has 1 aliphatic rings. The molecule has 2 atom stereocenters. The molecule has 0 bridgehead atoms. The van der Waals surface area contributed by atoms with E-state index in [9.17, 15) is 0 Å². The van der Waals surface area contributed by atoms with Crippen LogP contribution >= 0.6 is 0 Å². The maximum atomic E-state index is 5.34. The molecule has 118 valence electrons. The fraction of sp³-hybridized carbons (Fsp3) is 0.667. The lowest BCUT2D eigenvalue weighted by Crippen LogP contribution is -2.60. The molecule has 3 heteroatoms. The number of anilines is 1. The summed E-state index contributed by atoms with van der Waals surface area (Å²) in [5.74, 6) is 2.22. The predicted octanol–water partition coefficient (Wildman–Crippen LogP) is 3.46. The van der Waals surface area contributed by atoms with E-state index in [1.165, 1.54) is 11.3 Å². The number of nitrogens with one attached hydrogen (secondary N) is 1. The number of rotatable bonds is 4. The van der Waals surface area contributed by atoms with Crippen molar-refractivity contribution in [1.29, 1.82) is 0 Å². The van der Waals surface area contributed by atoms with Crippen LogP contribution in [0, 0.1) is 18.8 Å². The SMILES string of the molecule is COc1ccc(N2CC(C(C)C)NCC2C(C)C)c(C)c1. The van der Waals surface area contributed by atoms with Crippen LogP contribution in [0.1, 0.15) is 33.3 Å². The van der Waals surface area contributed by atoms with E-state index >= 15 is 0 Å². The van der Waals surface area contributed by atoms with Crippen molar-refractivity contribution in [3.05, 3.63) is 23.8 Å². The molecule has 0 aliphatic carbocycles. The largest absolute Gasteiger partial charge is 0.497 e. The van der Waals surface area contributed by atoms with Gasteiger partial charge in [0.1, 0.15) is 5.75 Å². The highest BCUT2D eigenvalue weighted by Gasteiger charge is 2.31. The van der Waals surface area contributed by atoms with E-state index in [4.69, 9.17) is 4.74 Å². The zero-order valence-electron chi connectivity index (χ0n) is 14.3. The molecule has 1 fully saturated rings. The van der Waals surface area contributed by atoms with Crippen LogP contribution in [0.25, 0.3) is 0 Å². The molecular weight excluding hydrogens is 260 g/mol. The number of ether oxygens (including phenoxy) is 1. The van der Waals surface area contributed by atoms with Crippen molar-refractivity contribution in [2.45, 2.75) is 46.7 Å². The molecule has 1 heterocycles. The van der Waals surface area contributed by atoms with Crippen LogP contribution in [0.4, 0.5) is 5.69 Å². The quantitative estimate of drug-likeness (QED) is 0.919. The van der Waals surface area contributed by atoms with Crippen LogP contribution < -0.4 is 15.0 Å². The topological polar surface area (TPSA) is 24.5 Å². The van der Waals surface area contributed by atoms with Crippen LogP contribution in [-0.4, -0.2) is 32.3 Å². The first-order valence-corrected chi connectivity index (χ1v) is 8.08. The van der Waals surface area contributed by atoms with Gasteiger partial charge < -0.3 is 15.0 Å². The first-order valence-electron chi connectivity index (χ1n) is 8.08. The number of piperazine rings is 1. The lowest BCUT2D eigenvalue weighted by atomic mass is 9.93. The summed E-state index contributed by atoms with van der Waals surface area (Å²) in [4.78, 5) is 2.60. The van der Waals surface area contributed by atoms with Gasteiger partial charge in [0, 0.05) is 30.9 Å². The van der Waals surface area contributed by atoms with Crippen molar-refractivity contribution in [3.8, 4) is 5.75 Å². The summed E-state index contributed by atoms with van der Waals surface area (Å²) in [7, 11) is 1.73. The fourth-order valence-electron chi connectivity index (χ4n) is 3.19. The summed E-state index contributed by atoms with van der Waals surface area (Å²) >= 11 is 0. The lowest BCUT2D eigenvalue weighted by Gasteiger charge is -2.45. The summed E-state index contributed by atoms with van der Waals surface area (Å²) in [5.41, 5.74) is 2.64. The maximum absolute atomic E-state index is 5.34. The molecule has 2 unspecified atom stereocenters. The molecule has 1 aromatic carbocycles. The second kappa shape index (κ2) is 6.69. The second-order valence-electron chi connectivity index (χ2n) is 6.87. The zero-order valence-corrected chi connectivity index (χ0v) is 14.3. The Morgan fingerprint density at radius 3 is 2.43 bits per heavy atom. The minimum absolute atomic E-state index is 0.548. The Kier molecular flexibility index (Phi) is 5.15. The van der Waals surface area contributed by atoms with Crippen LogP contribution in [0.5, 0.6) is 5.75 Å². The average molecular weight is 290 g/mol. The summed E-state index contributed by atoms with van der Waals surface area (Å²) in [6.07, 6.45) is 0. The summed E-state index contributed by atoms with van der Waals surface area (Å²) in [6.45, 7) is 13.5. The van der Waals surface area contributed by atoms with E-state index in [1.807, 2.05) is 0 Å². The van der Waals surface area contributed by atoms with Crippen molar-refractivity contribution in [2.75, 3.05) is 25.1 Å². The molecule has 1 aliphatic heterocycles. The minimum atomic E-state index is 0.548. The molecule has 3 nitrogen and oxygen atoms in total.